The lowest BCUT2D eigenvalue weighted by molar-refractivity contribution is -0.142. The zero-order valence-electron chi connectivity index (χ0n) is 9.66. The summed E-state index contributed by atoms with van der Waals surface area (Å²) in [6, 6.07) is -0.946. The van der Waals surface area contributed by atoms with Crippen LogP contribution in [0.5, 0.6) is 0 Å². The molecule has 16 heavy (non-hydrogen) atoms. The molecule has 5 heteroatoms. The van der Waals surface area contributed by atoms with E-state index in [-0.39, 0.29) is 11.9 Å². The Hall–Kier alpha value is -1.10. The molecule has 1 fully saturated rings. The Bertz CT molecular complexity index is 250. The smallest absolute Gasteiger partial charge is 0.326 e. The van der Waals surface area contributed by atoms with Crippen molar-refractivity contribution in [2.75, 3.05) is 6.54 Å². The van der Waals surface area contributed by atoms with Crippen LogP contribution in [-0.2, 0) is 9.59 Å². The molecule has 1 saturated heterocycles. The van der Waals surface area contributed by atoms with Gasteiger partial charge in [-0.1, -0.05) is 19.8 Å². The molecule has 0 aromatic carbocycles. The van der Waals surface area contributed by atoms with Gasteiger partial charge in [0.05, 0.1) is 6.04 Å². The maximum atomic E-state index is 11.7. The predicted octanol–water partition coefficient (Wildman–Crippen LogP) is 0.498. The van der Waals surface area contributed by atoms with Gasteiger partial charge in [-0.05, 0) is 25.8 Å². The molecule has 0 saturated carbocycles. The maximum Gasteiger partial charge on any atom is 0.326 e. The van der Waals surface area contributed by atoms with Gasteiger partial charge in [0.2, 0.25) is 5.91 Å². The van der Waals surface area contributed by atoms with Crippen LogP contribution in [0.25, 0.3) is 0 Å². The van der Waals surface area contributed by atoms with E-state index in [1.54, 1.807) is 0 Å². The first-order valence-corrected chi connectivity index (χ1v) is 5.91. The molecule has 0 bridgehead atoms. The standard InChI is InChI=1S/C11H20N2O3/c1-2-3-5-9(11(15)16)13-10(14)8-6-4-7-12-8/h8-9,12H,2-7H2,1H3,(H,13,14)(H,15,16)/t8-,9-/m0/s1. The van der Waals surface area contributed by atoms with E-state index in [9.17, 15) is 9.59 Å². The van der Waals surface area contributed by atoms with Crippen molar-refractivity contribution in [1.82, 2.24) is 10.6 Å². The topological polar surface area (TPSA) is 78.4 Å². The third kappa shape index (κ3) is 3.81. The normalized spacial score (nSPS) is 21.7. The molecule has 92 valence electrons. The van der Waals surface area contributed by atoms with Crippen LogP contribution in [0, 0.1) is 0 Å². The average Bonchev–Trinajstić information content (AvgIpc) is 2.76. The summed E-state index contributed by atoms with van der Waals surface area (Å²) in [5.74, 6) is -1.12. The van der Waals surface area contributed by atoms with Crippen LogP contribution >= 0.6 is 0 Å². The molecule has 0 spiro atoms. The number of unbranched alkanes of at least 4 members (excludes halogenated alkanes) is 1. The summed E-state index contributed by atoms with van der Waals surface area (Å²) >= 11 is 0. The van der Waals surface area contributed by atoms with Gasteiger partial charge in [-0.15, -0.1) is 0 Å². The van der Waals surface area contributed by atoms with Gasteiger partial charge in [0.25, 0.3) is 0 Å². The average molecular weight is 228 g/mol. The van der Waals surface area contributed by atoms with E-state index in [0.717, 1.165) is 32.2 Å². The van der Waals surface area contributed by atoms with Gasteiger partial charge in [-0.25, -0.2) is 4.79 Å². The number of carbonyl (C=O) groups excluding carboxylic acids is 1. The van der Waals surface area contributed by atoms with E-state index >= 15 is 0 Å². The lowest BCUT2D eigenvalue weighted by Crippen LogP contribution is -2.48. The van der Waals surface area contributed by atoms with Crippen molar-refractivity contribution in [3.8, 4) is 0 Å². The van der Waals surface area contributed by atoms with Crippen LogP contribution in [0.15, 0.2) is 0 Å². The van der Waals surface area contributed by atoms with Gasteiger partial charge in [0.15, 0.2) is 0 Å². The van der Waals surface area contributed by atoms with E-state index < -0.39 is 12.0 Å². The first-order chi connectivity index (χ1) is 7.65. The Morgan fingerprint density at radius 3 is 2.81 bits per heavy atom. The molecule has 2 atom stereocenters. The maximum absolute atomic E-state index is 11.7. The molecule has 0 aromatic rings. The molecule has 0 aromatic heterocycles. The Kier molecular flexibility index (Phi) is 5.25. The van der Waals surface area contributed by atoms with E-state index in [1.807, 2.05) is 6.92 Å². The third-order valence-electron chi connectivity index (χ3n) is 2.84. The van der Waals surface area contributed by atoms with Gasteiger partial charge < -0.3 is 15.7 Å². The first-order valence-electron chi connectivity index (χ1n) is 5.91. The number of carboxylic acid groups (broad SMARTS) is 1. The molecule has 0 aliphatic carbocycles. The lowest BCUT2D eigenvalue weighted by atomic mass is 10.1. The number of carboxylic acids is 1. The van der Waals surface area contributed by atoms with Crippen LogP contribution < -0.4 is 10.6 Å². The predicted molar refractivity (Wildman–Crippen MR) is 60.1 cm³/mol. The number of carbonyl (C=O) groups is 2. The molecular weight excluding hydrogens is 208 g/mol. The van der Waals surface area contributed by atoms with Crippen LogP contribution in [0.1, 0.15) is 39.0 Å². The number of hydrogen-bond donors (Lipinski definition) is 3. The summed E-state index contributed by atoms with van der Waals surface area (Å²) < 4.78 is 0. The second-order valence-electron chi connectivity index (χ2n) is 4.19. The molecular formula is C11H20N2O3. The fraction of sp³-hybridized carbons (Fsp3) is 0.818. The Labute approximate surface area is 95.6 Å². The lowest BCUT2D eigenvalue weighted by Gasteiger charge is -2.17. The highest BCUT2D eigenvalue weighted by molar-refractivity contribution is 5.87. The molecule has 5 nitrogen and oxygen atoms in total. The van der Waals surface area contributed by atoms with Crippen LogP contribution in [-0.4, -0.2) is 35.6 Å². The van der Waals surface area contributed by atoms with Crippen molar-refractivity contribution in [3.05, 3.63) is 0 Å². The summed E-state index contributed by atoms with van der Waals surface area (Å²) in [5, 5.41) is 14.6. The SMILES string of the molecule is CCCC[C@H](NC(=O)[C@@H]1CCCN1)C(=O)O. The van der Waals surface area contributed by atoms with Crippen molar-refractivity contribution in [2.45, 2.75) is 51.1 Å². The van der Waals surface area contributed by atoms with Gasteiger partial charge in [-0.2, -0.15) is 0 Å². The quantitative estimate of drug-likeness (QED) is 0.618. The minimum Gasteiger partial charge on any atom is -0.480 e. The molecule has 1 rings (SSSR count). The fourth-order valence-corrected chi connectivity index (χ4v) is 1.85. The van der Waals surface area contributed by atoms with Crippen LogP contribution in [0.2, 0.25) is 0 Å². The van der Waals surface area contributed by atoms with Crippen molar-refractivity contribution in [2.24, 2.45) is 0 Å². The molecule has 1 amide bonds. The van der Waals surface area contributed by atoms with Crippen molar-refractivity contribution in [3.63, 3.8) is 0 Å². The number of rotatable bonds is 6. The van der Waals surface area contributed by atoms with Gasteiger partial charge in [0.1, 0.15) is 6.04 Å². The van der Waals surface area contributed by atoms with E-state index in [4.69, 9.17) is 5.11 Å². The highest BCUT2D eigenvalue weighted by Gasteiger charge is 2.26. The van der Waals surface area contributed by atoms with Crippen molar-refractivity contribution < 1.29 is 14.7 Å². The molecule has 1 heterocycles. The van der Waals surface area contributed by atoms with Crippen molar-refractivity contribution >= 4 is 11.9 Å². The summed E-state index contributed by atoms with van der Waals surface area (Å²) in [4.78, 5) is 22.6. The van der Waals surface area contributed by atoms with Crippen LogP contribution in [0.4, 0.5) is 0 Å². The highest BCUT2D eigenvalue weighted by Crippen LogP contribution is 2.07. The number of nitrogens with one attached hydrogen (secondary N) is 2. The summed E-state index contributed by atoms with van der Waals surface area (Å²) in [5.41, 5.74) is 0. The minimum atomic E-state index is -0.945. The van der Waals surface area contributed by atoms with Crippen molar-refractivity contribution in [1.29, 1.82) is 0 Å². The van der Waals surface area contributed by atoms with Crippen LogP contribution in [0.3, 0.4) is 0 Å². The number of amides is 1. The Morgan fingerprint density at radius 2 is 2.31 bits per heavy atom. The first kappa shape index (κ1) is 13.0. The molecule has 1 aliphatic rings. The second kappa shape index (κ2) is 6.48. The Balaban J connectivity index is 2.40. The molecule has 0 unspecified atom stereocenters. The molecule has 1 aliphatic heterocycles. The molecule has 0 radical (unpaired) electrons. The number of aliphatic carboxylic acids is 1. The second-order valence-corrected chi connectivity index (χ2v) is 4.19. The zero-order valence-corrected chi connectivity index (χ0v) is 9.66. The summed E-state index contributed by atoms with van der Waals surface area (Å²) in [7, 11) is 0. The van der Waals surface area contributed by atoms with E-state index in [1.165, 1.54) is 0 Å². The van der Waals surface area contributed by atoms with Gasteiger partial charge >= 0.3 is 5.97 Å². The van der Waals surface area contributed by atoms with Gasteiger partial charge in [-0.3, -0.25) is 4.79 Å². The minimum absolute atomic E-state index is 0.180. The van der Waals surface area contributed by atoms with Gasteiger partial charge in [0, 0.05) is 0 Å². The monoisotopic (exact) mass is 228 g/mol. The Morgan fingerprint density at radius 1 is 1.56 bits per heavy atom. The van der Waals surface area contributed by atoms with E-state index in [2.05, 4.69) is 10.6 Å². The fourth-order valence-electron chi connectivity index (χ4n) is 1.85. The number of hydrogen-bond acceptors (Lipinski definition) is 3. The summed E-state index contributed by atoms with van der Waals surface area (Å²) in [6.07, 6.45) is 4.03. The third-order valence-corrected chi connectivity index (χ3v) is 2.84. The molecule has 3 N–H and O–H groups in total. The highest BCUT2D eigenvalue weighted by atomic mass is 16.4. The summed E-state index contributed by atoms with van der Waals surface area (Å²) in [6.45, 7) is 2.84. The largest absolute Gasteiger partial charge is 0.480 e. The van der Waals surface area contributed by atoms with E-state index in [0.29, 0.717) is 6.42 Å². The zero-order chi connectivity index (χ0) is 12.0.